The van der Waals surface area contributed by atoms with Gasteiger partial charge in [-0.15, -0.1) is 0 Å². The Morgan fingerprint density at radius 3 is 2.68 bits per heavy atom. The van der Waals surface area contributed by atoms with Crippen molar-refractivity contribution in [3.8, 4) is 0 Å². The molecule has 0 atom stereocenters. The van der Waals surface area contributed by atoms with Crippen LogP contribution in [0.15, 0.2) is 69.6 Å². The third-order valence-corrected chi connectivity index (χ3v) is 4.87. The number of aryl methyl sites for hydroxylation is 1. The van der Waals surface area contributed by atoms with E-state index in [4.69, 9.17) is 4.42 Å². The Balaban J connectivity index is 1.56. The van der Waals surface area contributed by atoms with E-state index in [0.29, 0.717) is 17.9 Å². The first-order valence-corrected chi connectivity index (χ1v) is 8.85. The van der Waals surface area contributed by atoms with Crippen LogP contribution in [0, 0.1) is 6.92 Å². The quantitative estimate of drug-likeness (QED) is 0.493. The van der Waals surface area contributed by atoms with Crippen molar-refractivity contribution in [3.05, 3.63) is 82.0 Å². The lowest BCUT2D eigenvalue weighted by atomic mass is 10.1. The molecule has 4 rings (SSSR count). The van der Waals surface area contributed by atoms with Gasteiger partial charge in [0.2, 0.25) is 0 Å². The van der Waals surface area contributed by atoms with Gasteiger partial charge in [0.25, 0.3) is 5.91 Å². The zero-order valence-corrected chi connectivity index (χ0v) is 15.3. The molecule has 0 aliphatic rings. The number of amides is 1. The van der Waals surface area contributed by atoms with Crippen molar-refractivity contribution in [2.75, 3.05) is 0 Å². The lowest BCUT2D eigenvalue weighted by Crippen LogP contribution is -2.22. The van der Waals surface area contributed by atoms with Crippen molar-refractivity contribution in [1.82, 2.24) is 5.32 Å². The molecule has 0 spiro atoms. The zero-order chi connectivity index (χ0) is 17.4. The van der Waals surface area contributed by atoms with Crippen molar-refractivity contribution in [3.63, 3.8) is 0 Å². The number of hydrogen-bond donors (Lipinski definition) is 1. The largest absolute Gasteiger partial charge is 0.451 e. The maximum Gasteiger partial charge on any atom is 0.287 e. The highest BCUT2D eigenvalue weighted by Gasteiger charge is 2.17. The first kappa shape index (κ1) is 15.9. The van der Waals surface area contributed by atoms with Crippen LogP contribution in [-0.4, -0.2) is 5.91 Å². The van der Waals surface area contributed by atoms with Gasteiger partial charge in [0, 0.05) is 22.0 Å². The summed E-state index contributed by atoms with van der Waals surface area (Å²) in [4.78, 5) is 12.5. The molecule has 1 heterocycles. The van der Waals surface area contributed by atoms with Crippen molar-refractivity contribution in [2.45, 2.75) is 13.5 Å². The highest BCUT2D eigenvalue weighted by Crippen LogP contribution is 2.28. The Kier molecular flexibility index (Phi) is 4.06. The molecule has 0 aliphatic heterocycles. The summed E-state index contributed by atoms with van der Waals surface area (Å²) in [6.07, 6.45) is 0. The molecule has 0 bridgehead atoms. The molecule has 3 nitrogen and oxygen atoms in total. The number of hydrogen-bond acceptors (Lipinski definition) is 2. The van der Waals surface area contributed by atoms with Crippen LogP contribution in [0.4, 0.5) is 0 Å². The fraction of sp³-hybridized carbons (Fsp3) is 0.0952. The third kappa shape index (κ3) is 3.05. The fourth-order valence-corrected chi connectivity index (χ4v) is 3.37. The molecule has 0 saturated carbocycles. The molecule has 1 aromatic heterocycles. The summed E-state index contributed by atoms with van der Waals surface area (Å²) < 4.78 is 6.69. The second kappa shape index (κ2) is 6.37. The standard InChI is InChI=1S/C21H16BrNO2/c1-13-18-9-8-17(22)11-19(18)25-20(13)21(24)23-12-14-6-7-15-4-2-3-5-16(15)10-14/h2-11H,12H2,1H3,(H,23,24). The van der Waals surface area contributed by atoms with Crippen LogP contribution in [0.25, 0.3) is 21.7 Å². The van der Waals surface area contributed by atoms with Crippen molar-refractivity contribution in [1.29, 1.82) is 0 Å². The Labute approximate surface area is 153 Å². The first-order chi connectivity index (χ1) is 12.1. The number of nitrogens with one attached hydrogen (secondary N) is 1. The van der Waals surface area contributed by atoms with Crippen LogP contribution in [0.5, 0.6) is 0 Å². The van der Waals surface area contributed by atoms with E-state index in [9.17, 15) is 4.79 Å². The number of rotatable bonds is 3. The summed E-state index contributed by atoms with van der Waals surface area (Å²) in [5.74, 6) is 0.173. The van der Waals surface area contributed by atoms with Crippen molar-refractivity contribution in [2.24, 2.45) is 0 Å². The van der Waals surface area contributed by atoms with Gasteiger partial charge in [-0.2, -0.15) is 0 Å². The number of halogens is 1. The lowest BCUT2D eigenvalue weighted by Gasteiger charge is -2.06. The minimum absolute atomic E-state index is 0.196. The molecule has 4 aromatic rings. The minimum Gasteiger partial charge on any atom is -0.451 e. The van der Waals surface area contributed by atoms with E-state index in [1.165, 1.54) is 10.8 Å². The van der Waals surface area contributed by atoms with Gasteiger partial charge in [-0.3, -0.25) is 4.79 Å². The Morgan fingerprint density at radius 2 is 1.84 bits per heavy atom. The van der Waals surface area contributed by atoms with Gasteiger partial charge in [0.15, 0.2) is 5.76 Å². The molecule has 1 amide bonds. The number of carbonyl (C=O) groups is 1. The SMILES string of the molecule is Cc1c(C(=O)NCc2ccc3ccccc3c2)oc2cc(Br)ccc12. The van der Waals surface area contributed by atoms with Gasteiger partial charge in [0.1, 0.15) is 5.58 Å². The van der Waals surface area contributed by atoms with E-state index in [-0.39, 0.29) is 5.91 Å². The topological polar surface area (TPSA) is 42.2 Å². The molecule has 0 unspecified atom stereocenters. The minimum atomic E-state index is -0.196. The second-order valence-corrected chi connectivity index (χ2v) is 6.98. The van der Waals surface area contributed by atoms with Crippen LogP contribution in [0.2, 0.25) is 0 Å². The zero-order valence-electron chi connectivity index (χ0n) is 13.7. The molecule has 0 fully saturated rings. The lowest BCUT2D eigenvalue weighted by molar-refractivity contribution is 0.0924. The summed E-state index contributed by atoms with van der Waals surface area (Å²) in [5, 5.41) is 6.27. The van der Waals surface area contributed by atoms with Crippen LogP contribution < -0.4 is 5.32 Å². The molecular formula is C21H16BrNO2. The molecule has 25 heavy (non-hydrogen) atoms. The van der Waals surface area contributed by atoms with Gasteiger partial charge >= 0.3 is 0 Å². The first-order valence-electron chi connectivity index (χ1n) is 8.06. The van der Waals surface area contributed by atoms with Gasteiger partial charge < -0.3 is 9.73 Å². The normalized spacial score (nSPS) is 11.1. The van der Waals surface area contributed by atoms with Crippen LogP contribution in [0.1, 0.15) is 21.7 Å². The van der Waals surface area contributed by atoms with Crippen LogP contribution in [0.3, 0.4) is 0 Å². The molecule has 1 N–H and O–H groups in total. The van der Waals surface area contributed by atoms with Gasteiger partial charge in [0.05, 0.1) is 0 Å². The monoisotopic (exact) mass is 393 g/mol. The van der Waals surface area contributed by atoms with Crippen LogP contribution in [-0.2, 0) is 6.54 Å². The van der Waals surface area contributed by atoms with Crippen molar-refractivity contribution < 1.29 is 9.21 Å². The molecule has 3 aromatic carbocycles. The molecule has 0 aliphatic carbocycles. The molecule has 124 valence electrons. The van der Waals surface area contributed by atoms with E-state index in [2.05, 4.69) is 45.5 Å². The summed E-state index contributed by atoms with van der Waals surface area (Å²) >= 11 is 3.42. The molecular weight excluding hydrogens is 378 g/mol. The highest BCUT2D eigenvalue weighted by atomic mass is 79.9. The van der Waals surface area contributed by atoms with E-state index in [0.717, 1.165) is 21.0 Å². The Morgan fingerprint density at radius 1 is 1.04 bits per heavy atom. The van der Waals surface area contributed by atoms with Crippen LogP contribution >= 0.6 is 15.9 Å². The smallest absolute Gasteiger partial charge is 0.287 e. The average Bonchev–Trinajstić information content (AvgIpc) is 2.95. The summed E-state index contributed by atoms with van der Waals surface area (Å²) in [6.45, 7) is 2.37. The Bertz CT molecular complexity index is 1100. The second-order valence-electron chi connectivity index (χ2n) is 6.06. The molecule has 0 radical (unpaired) electrons. The fourth-order valence-electron chi connectivity index (χ4n) is 3.03. The number of fused-ring (bicyclic) bond motifs is 2. The van der Waals surface area contributed by atoms with Gasteiger partial charge in [-0.25, -0.2) is 0 Å². The molecule has 4 heteroatoms. The average molecular weight is 394 g/mol. The van der Waals surface area contributed by atoms with E-state index in [1.54, 1.807) is 0 Å². The summed E-state index contributed by atoms with van der Waals surface area (Å²) in [6, 6.07) is 20.2. The predicted octanol–water partition coefficient (Wildman–Crippen LogP) is 5.59. The summed E-state index contributed by atoms with van der Waals surface area (Å²) in [7, 11) is 0. The number of benzene rings is 3. The van der Waals surface area contributed by atoms with Gasteiger partial charge in [-0.1, -0.05) is 52.3 Å². The highest BCUT2D eigenvalue weighted by molar-refractivity contribution is 9.10. The maximum absolute atomic E-state index is 12.5. The predicted molar refractivity (Wildman–Crippen MR) is 104 cm³/mol. The van der Waals surface area contributed by atoms with E-state index in [1.807, 2.05) is 43.3 Å². The van der Waals surface area contributed by atoms with Gasteiger partial charge in [-0.05, 0) is 47.5 Å². The molecule has 0 saturated heterocycles. The van der Waals surface area contributed by atoms with E-state index < -0.39 is 0 Å². The summed E-state index contributed by atoms with van der Waals surface area (Å²) in [5.41, 5.74) is 2.63. The third-order valence-electron chi connectivity index (χ3n) is 4.37. The maximum atomic E-state index is 12.5. The number of furan rings is 1. The Hall–Kier alpha value is -2.59. The number of carbonyl (C=O) groups excluding carboxylic acids is 1. The van der Waals surface area contributed by atoms with Crippen molar-refractivity contribution >= 4 is 43.6 Å². The van der Waals surface area contributed by atoms with E-state index >= 15 is 0 Å².